The van der Waals surface area contributed by atoms with Gasteiger partial charge in [-0.3, -0.25) is 4.90 Å². The third kappa shape index (κ3) is 4.14. The Hall–Kier alpha value is 0.0500. The van der Waals surface area contributed by atoms with Crippen LogP contribution in [0, 0.1) is 0 Å². The molecule has 1 nitrogen and oxygen atoms in total. The first-order valence-electron chi connectivity index (χ1n) is 5.28. The van der Waals surface area contributed by atoms with E-state index in [9.17, 15) is 0 Å². The van der Waals surface area contributed by atoms with Gasteiger partial charge in [0.25, 0.3) is 0 Å². The highest BCUT2D eigenvalue weighted by Crippen LogP contribution is 2.22. The minimum atomic E-state index is 0.450. The molecule has 0 aliphatic rings. The number of alkyl halides is 1. The van der Waals surface area contributed by atoms with Gasteiger partial charge in [0.1, 0.15) is 0 Å². The first kappa shape index (κ1) is 14.1. The molecule has 16 heavy (non-hydrogen) atoms. The van der Waals surface area contributed by atoms with E-state index in [1.807, 2.05) is 12.1 Å². The second-order valence-corrected chi connectivity index (χ2v) is 5.21. The SMILES string of the molecule is CC(C)N(CCCl)Cc1ccc(Cl)cc1Cl. The number of benzene rings is 1. The van der Waals surface area contributed by atoms with Crippen molar-refractivity contribution in [2.24, 2.45) is 0 Å². The lowest BCUT2D eigenvalue weighted by atomic mass is 10.2. The zero-order chi connectivity index (χ0) is 12.1. The Balaban J connectivity index is 2.77. The van der Waals surface area contributed by atoms with Gasteiger partial charge in [0, 0.05) is 35.1 Å². The van der Waals surface area contributed by atoms with E-state index in [2.05, 4.69) is 18.7 Å². The highest BCUT2D eigenvalue weighted by atomic mass is 35.5. The summed E-state index contributed by atoms with van der Waals surface area (Å²) in [6, 6.07) is 6.05. The second kappa shape index (κ2) is 6.70. The van der Waals surface area contributed by atoms with Crippen molar-refractivity contribution in [2.75, 3.05) is 12.4 Å². The van der Waals surface area contributed by atoms with Crippen LogP contribution < -0.4 is 0 Å². The molecule has 90 valence electrons. The van der Waals surface area contributed by atoms with Crippen molar-refractivity contribution in [2.45, 2.75) is 26.4 Å². The molecule has 0 saturated heterocycles. The van der Waals surface area contributed by atoms with Crippen LogP contribution in [0.2, 0.25) is 10.0 Å². The third-order valence-electron chi connectivity index (χ3n) is 2.49. The van der Waals surface area contributed by atoms with Gasteiger partial charge in [0.2, 0.25) is 0 Å². The summed E-state index contributed by atoms with van der Waals surface area (Å²) >= 11 is 17.8. The minimum absolute atomic E-state index is 0.450. The van der Waals surface area contributed by atoms with Crippen molar-refractivity contribution < 1.29 is 0 Å². The van der Waals surface area contributed by atoms with Gasteiger partial charge in [0.15, 0.2) is 0 Å². The summed E-state index contributed by atoms with van der Waals surface area (Å²) in [5.41, 5.74) is 1.09. The fourth-order valence-corrected chi connectivity index (χ4v) is 2.18. The van der Waals surface area contributed by atoms with Crippen molar-refractivity contribution >= 4 is 34.8 Å². The molecular formula is C12H16Cl3N. The predicted molar refractivity (Wildman–Crippen MR) is 72.7 cm³/mol. The lowest BCUT2D eigenvalue weighted by Crippen LogP contribution is -2.32. The van der Waals surface area contributed by atoms with Crippen LogP contribution in [0.3, 0.4) is 0 Å². The third-order valence-corrected chi connectivity index (χ3v) is 3.25. The summed E-state index contributed by atoms with van der Waals surface area (Å²) in [7, 11) is 0. The number of hydrogen-bond donors (Lipinski definition) is 0. The molecule has 1 aromatic carbocycles. The molecule has 0 atom stereocenters. The van der Waals surface area contributed by atoms with Crippen molar-refractivity contribution in [3.63, 3.8) is 0 Å². The first-order chi connectivity index (χ1) is 7.54. The van der Waals surface area contributed by atoms with Crippen LogP contribution in [-0.2, 0) is 6.54 Å². The Kier molecular flexibility index (Phi) is 5.91. The molecule has 0 bridgehead atoms. The fraction of sp³-hybridized carbons (Fsp3) is 0.500. The lowest BCUT2D eigenvalue weighted by molar-refractivity contribution is 0.226. The van der Waals surface area contributed by atoms with Gasteiger partial charge >= 0.3 is 0 Å². The summed E-state index contributed by atoms with van der Waals surface area (Å²) in [5, 5.41) is 1.38. The van der Waals surface area contributed by atoms with Crippen LogP contribution >= 0.6 is 34.8 Å². The van der Waals surface area contributed by atoms with E-state index in [4.69, 9.17) is 34.8 Å². The highest BCUT2D eigenvalue weighted by Gasteiger charge is 2.11. The van der Waals surface area contributed by atoms with Crippen LogP contribution in [-0.4, -0.2) is 23.4 Å². The minimum Gasteiger partial charge on any atom is -0.295 e. The molecule has 0 aliphatic heterocycles. The van der Waals surface area contributed by atoms with Crippen LogP contribution in [0.1, 0.15) is 19.4 Å². The van der Waals surface area contributed by atoms with E-state index in [1.54, 1.807) is 6.07 Å². The summed E-state index contributed by atoms with van der Waals surface area (Å²) < 4.78 is 0. The van der Waals surface area contributed by atoms with Gasteiger partial charge in [-0.25, -0.2) is 0 Å². The van der Waals surface area contributed by atoms with Crippen molar-refractivity contribution in [1.82, 2.24) is 4.90 Å². The quantitative estimate of drug-likeness (QED) is 0.721. The van der Waals surface area contributed by atoms with Crippen molar-refractivity contribution in [3.05, 3.63) is 33.8 Å². The summed E-state index contributed by atoms with van der Waals surface area (Å²) in [4.78, 5) is 2.28. The zero-order valence-electron chi connectivity index (χ0n) is 9.51. The molecule has 0 N–H and O–H groups in total. The largest absolute Gasteiger partial charge is 0.295 e. The monoisotopic (exact) mass is 279 g/mol. The maximum atomic E-state index is 6.13. The topological polar surface area (TPSA) is 3.24 Å². The number of rotatable bonds is 5. The zero-order valence-corrected chi connectivity index (χ0v) is 11.8. The Morgan fingerprint density at radius 2 is 1.94 bits per heavy atom. The van der Waals surface area contributed by atoms with Gasteiger partial charge in [-0.15, -0.1) is 11.6 Å². The van der Waals surface area contributed by atoms with E-state index in [0.29, 0.717) is 22.0 Å². The van der Waals surface area contributed by atoms with Gasteiger partial charge in [-0.2, -0.15) is 0 Å². The van der Waals surface area contributed by atoms with Crippen LogP contribution in [0.25, 0.3) is 0 Å². The smallest absolute Gasteiger partial charge is 0.0465 e. The first-order valence-corrected chi connectivity index (χ1v) is 6.57. The summed E-state index contributed by atoms with van der Waals surface area (Å²) in [6.45, 7) is 5.96. The highest BCUT2D eigenvalue weighted by molar-refractivity contribution is 6.35. The molecule has 0 saturated carbocycles. The fourth-order valence-electron chi connectivity index (χ4n) is 1.50. The van der Waals surface area contributed by atoms with Gasteiger partial charge in [0.05, 0.1) is 0 Å². The number of halogens is 3. The van der Waals surface area contributed by atoms with E-state index in [0.717, 1.165) is 18.7 Å². The lowest BCUT2D eigenvalue weighted by Gasteiger charge is -2.26. The molecule has 0 amide bonds. The standard InChI is InChI=1S/C12H16Cl3N/c1-9(2)16(6-5-13)8-10-3-4-11(14)7-12(10)15/h3-4,7,9H,5-6,8H2,1-2H3. The average Bonchev–Trinajstić information content (AvgIpc) is 2.20. The molecular weight excluding hydrogens is 264 g/mol. The van der Waals surface area contributed by atoms with Gasteiger partial charge in [-0.1, -0.05) is 29.3 Å². The molecule has 0 fully saturated rings. The predicted octanol–water partition coefficient (Wildman–Crippen LogP) is 4.44. The number of hydrogen-bond acceptors (Lipinski definition) is 1. The second-order valence-electron chi connectivity index (χ2n) is 3.99. The number of nitrogens with zero attached hydrogens (tertiary/aromatic N) is 1. The van der Waals surface area contributed by atoms with Crippen LogP contribution in [0.4, 0.5) is 0 Å². The van der Waals surface area contributed by atoms with E-state index < -0.39 is 0 Å². The molecule has 4 heteroatoms. The van der Waals surface area contributed by atoms with Gasteiger partial charge in [-0.05, 0) is 31.5 Å². The van der Waals surface area contributed by atoms with Crippen LogP contribution in [0.5, 0.6) is 0 Å². The Morgan fingerprint density at radius 1 is 1.25 bits per heavy atom. The molecule has 1 rings (SSSR count). The molecule has 0 unspecified atom stereocenters. The van der Waals surface area contributed by atoms with Crippen molar-refractivity contribution in [3.8, 4) is 0 Å². The summed E-state index contributed by atoms with van der Waals surface area (Å²) in [5.74, 6) is 0.628. The van der Waals surface area contributed by atoms with E-state index in [-0.39, 0.29) is 0 Å². The average molecular weight is 281 g/mol. The molecule has 0 heterocycles. The molecule has 0 spiro atoms. The van der Waals surface area contributed by atoms with E-state index >= 15 is 0 Å². The maximum absolute atomic E-state index is 6.13. The normalized spacial score (nSPS) is 11.4. The summed E-state index contributed by atoms with van der Waals surface area (Å²) in [6.07, 6.45) is 0. The molecule has 1 aromatic rings. The van der Waals surface area contributed by atoms with Gasteiger partial charge < -0.3 is 0 Å². The van der Waals surface area contributed by atoms with E-state index in [1.165, 1.54) is 0 Å². The Labute approximate surface area is 112 Å². The van der Waals surface area contributed by atoms with Crippen molar-refractivity contribution in [1.29, 1.82) is 0 Å². The maximum Gasteiger partial charge on any atom is 0.0465 e. The molecule has 0 aromatic heterocycles. The molecule has 0 aliphatic carbocycles. The molecule has 0 radical (unpaired) electrons. The Bertz CT molecular complexity index is 339. The van der Waals surface area contributed by atoms with Crippen LogP contribution in [0.15, 0.2) is 18.2 Å². The Morgan fingerprint density at radius 3 is 2.44 bits per heavy atom.